The van der Waals surface area contributed by atoms with Gasteiger partial charge in [-0.1, -0.05) is 18.2 Å². The Hall–Kier alpha value is -2.75. The number of anilines is 1. The van der Waals surface area contributed by atoms with E-state index in [1.54, 1.807) is 6.07 Å². The van der Waals surface area contributed by atoms with Crippen LogP contribution in [0, 0.1) is 0 Å². The van der Waals surface area contributed by atoms with Gasteiger partial charge in [0.1, 0.15) is 0 Å². The Morgan fingerprint density at radius 3 is 2.52 bits per heavy atom. The smallest absolute Gasteiger partial charge is 0.221 e. The zero-order valence-corrected chi connectivity index (χ0v) is 11.8. The molecule has 2 aromatic carbocycles. The summed E-state index contributed by atoms with van der Waals surface area (Å²) in [5, 5.41) is 4.64. The zero-order chi connectivity index (χ0) is 15.0. The number of hydrogen-bond acceptors (Lipinski definition) is 3. The fraction of sp³-hybridized carbons (Fsp3) is 0.118. The molecule has 1 N–H and O–H groups in total. The largest absolute Gasteiger partial charge is 0.326 e. The summed E-state index contributed by atoms with van der Waals surface area (Å²) in [6.07, 6.45) is 0. The Kier molecular flexibility index (Phi) is 3.14. The van der Waals surface area contributed by atoms with Gasteiger partial charge in [-0.3, -0.25) is 9.59 Å². The summed E-state index contributed by atoms with van der Waals surface area (Å²) in [4.78, 5) is 27.4. The molecule has 4 heteroatoms. The van der Waals surface area contributed by atoms with E-state index in [1.807, 2.05) is 36.4 Å². The minimum Gasteiger partial charge on any atom is -0.326 e. The van der Waals surface area contributed by atoms with Gasteiger partial charge in [0.25, 0.3) is 0 Å². The van der Waals surface area contributed by atoms with Gasteiger partial charge in [0, 0.05) is 28.9 Å². The lowest BCUT2D eigenvalue weighted by molar-refractivity contribution is -0.114. The van der Waals surface area contributed by atoms with Gasteiger partial charge in [-0.05, 0) is 31.2 Å². The van der Waals surface area contributed by atoms with E-state index in [9.17, 15) is 9.59 Å². The Morgan fingerprint density at radius 1 is 1.00 bits per heavy atom. The molecule has 0 spiro atoms. The van der Waals surface area contributed by atoms with Crippen molar-refractivity contribution in [3.8, 4) is 0 Å². The number of para-hydroxylation sites is 1. The minimum atomic E-state index is -0.125. The zero-order valence-electron chi connectivity index (χ0n) is 11.8. The third-order valence-electron chi connectivity index (χ3n) is 3.34. The van der Waals surface area contributed by atoms with Crippen LogP contribution in [0.3, 0.4) is 0 Å². The molecule has 0 unspecified atom stereocenters. The first-order valence-electron chi connectivity index (χ1n) is 6.66. The molecule has 0 bridgehead atoms. The van der Waals surface area contributed by atoms with Crippen molar-refractivity contribution in [1.29, 1.82) is 0 Å². The van der Waals surface area contributed by atoms with Gasteiger partial charge in [0.05, 0.1) is 11.0 Å². The van der Waals surface area contributed by atoms with E-state index >= 15 is 0 Å². The standard InChI is InChI=1S/C17H14N2O2/c1-10(20)15-5-3-4-13-8-12-6-7-14(18-11(2)21)9-16(12)19-17(13)15/h3-9H,1-2H3,(H,18,21). The van der Waals surface area contributed by atoms with E-state index < -0.39 is 0 Å². The second-order valence-corrected chi connectivity index (χ2v) is 5.01. The number of Topliss-reactive ketones (excluding diaryl/α,β-unsaturated/α-hetero) is 1. The molecule has 21 heavy (non-hydrogen) atoms. The van der Waals surface area contributed by atoms with Crippen molar-refractivity contribution in [2.75, 3.05) is 5.32 Å². The molecule has 0 saturated carbocycles. The lowest BCUT2D eigenvalue weighted by atomic mass is 10.0. The Balaban J connectivity index is 2.26. The van der Waals surface area contributed by atoms with Gasteiger partial charge in [0.2, 0.25) is 5.91 Å². The van der Waals surface area contributed by atoms with Crippen molar-refractivity contribution in [2.24, 2.45) is 0 Å². The highest BCUT2D eigenvalue weighted by Gasteiger charge is 2.08. The topological polar surface area (TPSA) is 59.1 Å². The third-order valence-corrected chi connectivity index (χ3v) is 3.34. The van der Waals surface area contributed by atoms with Gasteiger partial charge in [-0.2, -0.15) is 0 Å². The molecule has 1 heterocycles. The lowest BCUT2D eigenvalue weighted by Crippen LogP contribution is -2.05. The third kappa shape index (κ3) is 2.48. The minimum absolute atomic E-state index is 0.00883. The molecule has 0 atom stereocenters. The average molecular weight is 278 g/mol. The Labute approximate surface area is 121 Å². The molecule has 0 fully saturated rings. The van der Waals surface area contributed by atoms with Crippen molar-refractivity contribution in [2.45, 2.75) is 13.8 Å². The quantitative estimate of drug-likeness (QED) is 0.576. The number of nitrogens with one attached hydrogen (secondary N) is 1. The van der Waals surface area contributed by atoms with Crippen LogP contribution in [0.5, 0.6) is 0 Å². The summed E-state index contributed by atoms with van der Waals surface area (Å²) in [7, 11) is 0. The predicted molar refractivity (Wildman–Crippen MR) is 83.6 cm³/mol. The average Bonchev–Trinajstić information content (AvgIpc) is 2.43. The van der Waals surface area contributed by atoms with Crippen molar-refractivity contribution >= 4 is 39.2 Å². The summed E-state index contributed by atoms with van der Waals surface area (Å²) in [6, 6.07) is 13.1. The van der Waals surface area contributed by atoms with Gasteiger partial charge >= 0.3 is 0 Å². The number of rotatable bonds is 2. The SMILES string of the molecule is CC(=O)Nc1ccc2cc3cccc(C(C)=O)c3nc2c1. The molecule has 0 aliphatic rings. The van der Waals surface area contributed by atoms with Crippen LogP contribution >= 0.6 is 0 Å². The van der Waals surface area contributed by atoms with Crippen LogP contribution in [0.4, 0.5) is 5.69 Å². The van der Waals surface area contributed by atoms with Gasteiger partial charge in [0.15, 0.2) is 5.78 Å². The summed E-state index contributed by atoms with van der Waals surface area (Å²) in [5.41, 5.74) is 2.75. The molecule has 1 aromatic heterocycles. The molecule has 0 radical (unpaired) electrons. The van der Waals surface area contributed by atoms with Crippen molar-refractivity contribution in [3.05, 3.63) is 48.0 Å². The summed E-state index contributed by atoms with van der Waals surface area (Å²) >= 11 is 0. The maximum Gasteiger partial charge on any atom is 0.221 e. The molecular weight excluding hydrogens is 264 g/mol. The number of ketones is 1. The fourth-order valence-corrected chi connectivity index (χ4v) is 2.42. The van der Waals surface area contributed by atoms with Gasteiger partial charge in [-0.25, -0.2) is 4.98 Å². The summed E-state index contributed by atoms with van der Waals surface area (Å²) in [6.45, 7) is 3.00. The number of aromatic nitrogens is 1. The molecule has 3 rings (SSSR count). The van der Waals surface area contributed by atoms with E-state index in [-0.39, 0.29) is 11.7 Å². The van der Waals surface area contributed by atoms with Gasteiger partial charge < -0.3 is 5.32 Å². The number of fused-ring (bicyclic) bond motifs is 2. The maximum atomic E-state index is 11.7. The van der Waals surface area contributed by atoms with E-state index in [0.29, 0.717) is 16.8 Å². The predicted octanol–water partition coefficient (Wildman–Crippen LogP) is 3.55. The number of nitrogens with zero attached hydrogens (tertiary/aromatic N) is 1. The second kappa shape index (κ2) is 4.98. The van der Waals surface area contributed by atoms with Gasteiger partial charge in [-0.15, -0.1) is 0 Å². The number of pyridine rings is 1. The maximum absolute atomic E-state index is 11.7. The summed E-state index contributed by atoms with van der Waals surface area (Å²) in [5.74, 6) is -0.134. The van der Waals surface area contributed by atoms with E-state index in [0.717, 1.165) is 16.3 Å². The molecular formula is C17H14N2O2. The highest BCUT2D eigenvalue weighted by molar-refractivity contribution is 6.08. The van der Waals surface area contributed by atoms with Crippen LogP contribution < -0.4 is 5.32 Å². The van der Waals surface area contributed by atoms with Crippen LogP contribution in [-0.4, -0.2) is 16.7 Å². The van der Waals surface area contributed by atoms with Crippen molar-refractivity contribution in [1.82, 2.24) is 4.98 Å². The number of carbonyl (C=O) groups excluding carboxylic acids is 2. The number of carbonyl (C=O) groups is 2. The van der Waals surface area contributed by atoms with Crippen LogP contribution in [0.15, 0.2) is 42.5 Å². The highest BCUT2D eigenvalue weighted by Crippen LogP contribution is 2.24. The van der Waals surface area contributed by atoms with Crippen molar-refractivity contribution < 1.29 is 9.59 Å². The number of amides is 1. The first-order valence-corrected chi connectivity index (χ1v) is 6.66. The first kappa shape index (κ1) is 13.2. The molecule has 0 aliphatic heterocycles. The highest BCUT2D eigenvalue weighted by atomic mass is 16.1. The lowest BCUT2D eigenvalue weighted by Gasteiger charge is -2.07. The van der Waals surface area contributed by atoms with Crippen LogP contribution in [0.2, 0.25) is 0 Å². The van der Waals surface area contributed by atoms with Crippen LogP contribution in [0.25, 0.3) is 21.8 Å². The molecule has 4 nitrogen and oxygen atoms in total. The first-order chi connectivity index (χ1) is 10.0. The number of benzene rings is 2. The molecule has 1 amide bonds. The van der Waals surface area contributed by atoms with E-state index in [1.165, 1.54) is 13.8 Å². The van der Waals surface area contributed by atoms with E-state index in [2.05, 4.69) is 10.3 Å². The molecule has 3 aromatic rings. The monoisotopic (exact) mass is 278 g/mol. The van der Waals surface area contributed by atoms with Crippen LogP contribution in [-0.2, 0) is 4.79 Å². The van der Waals surface area contributed by atoms with Crippen LogP contribution in [0.1, 0.15) is 24.2 Å². The van der Waals surface area contributed by atoms with E-state index in [4.69, 9.17) is 0 Å². The molecule has 104 valence electrons. The Bertz CT molecular complexity index is 884. The van der Waals surface area contributed by atoms with Crippen molar-refractivity contribution in [3.63, 3.8) is 0 Å². The summed E-state index contributed by atoms with van der Waals surface area (Å²) < 4.78 is 0. The fourth-order valence-electron chi connectivity index (χ4n) is 2.42. The number of hydrogen-bond donors (Lipinski definition) is 1. The molecule has 0 saturated heterocycles. The molecule has 0 aliphatic carbocycles. The normalized spacial score (nSPS) is 10.8. The second-order valence-electron chi connectivity index (χ2n) is 5.01. The Morgan fingerprint density at radius 2 is 1.81 bits per heavy atom.